The molecule has 2 aromatic carbocycles. The summed E-state index contributed by atoms with van der Waals surface area (Å²) in [6.45, 7) is 5.79. The van der Waals surface area contributed by atoms with Gasteiger partial charge in [-0.1, -0.05) is 45.4 Å². The van der Waals surface area contributed by atoms with Crippen LogP contribution in [0, 0.1) is 11.2 Å². The Balaban J connectivity index is 2.01. The number of carbonyl (C=O) groups is 2. The standard InChI is InChI=1S/C20H23FN2O3/c1-4-12-20(2,3)18(24)22-14-8-7-9-15(13-14)26-19(25)23-17-11-6-5-10-16(17)21/h5-11,13H,4,12H2,1-3H3,(H,22,24)(H,23,25). The van der Waals surface area contributed by atoms with Crippen molar-refractivity contribution in [3.8, 4) is 5.75 Å². The number of carbonyl (C=O) groups excluding carboxylic acids is 2. The highest BCUT2D eigenvalue weighted by Crippen LogP contribution is 2.26. The van der Waals surface area contributed by atoms with Crippen molar-refractivity contribution >= 4 is 23.4 Å². The van der Waals surface area contributed by atoms with Crippen molar-refractivity contribution in [3.05, 3.63) is 54.3 Å². The van der Waals surface area contributed by atoms with Crippen molar-refractivity contribution in [1.29, 1.82) is 0 Å². The molecule has 0 saturated carbocycles. The van der Waals surface area contributed by atoms with Gasteiger partial charge in [0.05, 0.1) is 5.69 Å². The van der Waals surface area contributed by atoms with Gasteiger partial charge in [-0.15, -0.1) is 0 Å². The van der Waals surface area contributed by atoms with Crippen LogP contribution in [0.4, 0.5) is 20.6 Å². The molecular formula is C20H23FN2O3. The third-order valence-corrected chi connectivity index (χ3v) is 3.90. The largest absolute Gasteiger partial charge is 0.417 e. The second-order valence-corrected chi connectivity index (χ2v) is 6.61. The molecule has 0 saturated heterocycles. The van der Waals surface area contributed by atoms with Crippen molar-refractivity contribution in [3.63, 3.8) is 0 Å². The Bertz CT molecular complexity index is 790. The smallest absolute Gasteiger partial charge is 0.410 e. The van der Waals surface area contributed by atoms with Crippen LogP contribution in [0.3, 0.4) is 0 Å². The van der Waals surface area contributed by atoms with Crippen LogP contribution in [-0.4, -0.2) is 12.0 Å². The third-order valence-electron chi connectivity index (χ3n) is 3.90. The lowest BCUT2D eigenvalue weighted by molar-refractivity contribution is -0.124. The molecular weight excluding hydrogens is 335 g/mol. The quantitative estimate of drug-likeness (QED) is 0.746. The number of anilines is 2. The van der Waals surface area contributed by atoms with Crippen LogP contribution >= 0.6 is 0 Å². The maximum Gasteiger partial charge on any atom is 0.417 e. The van der Waals surface area contributed by atoms with Crippen LogP contribution in [0.25, 0.3) is 0 Å². The minimum absolute atomic E-state index is 0.0308. The number of halogens is 1. The molecule has 0 fully saturated rings. The first-order valence-corrected chi connectivity index (χ1v) is 8.46. The Morgan fingerprint density at radius 1 is 1.08 bits per heavy atom. The molecule has 5 nitrogen and oxygen atoms in total. The van der Waals surface area contributed by atoms with E-state index >= 15 is 0 Å². The van der Waals surface area contributed by atoms with E-state index in [1.54, 1.807) is 30.3 Å². The van der Waals surface area contributed by atoms with Gasteiger partial charge in [0.15, 0.2) is 0 Å². The fourth-order valence-corrected chi connectivity index (χ4v) is 2.48. The molecule has 0 atom stereocenters. The van der Waals surface area contributed by atoms with E-state index in [1.807, 2.05) is 20.8 Å². The van der Waals surface area contributed by atoms with Crippen molar-refractivity contribution in [2.75, 3.05) is 10.6 Å². The maximum atomic E-state index is 13.6. The fourth-order valence-electron chi connectivity index (χ4n) is 2.48. The Morgan fingerprint density at radius 2 is 1.81 bits per heavy atom. The van der Waals surface area contributed by atoms with Gasteiger partial charge in [-0.05, 0) is 30.7 Å². The van der Waals surface area contributed by atoms with Gasteiger partial charge in [0, 0.05) is 17.2 Å². The topological polar surface area (TPSA) is 67.4 Å². The summed E-state index contributed by atoms with van der Waals surface area (Å²) in [6, 6.07) is 12.3. The van der Waals surface area contributed by atoms with Crippen LogP contribution in [0.2, 0.25) is 0 Å². The van der Waals surface area contributed by atoms with Crippen molar-refractivity contribution in [2.24, 2.45) is 5.41 Å². The zero-order valence-electron chi connectivity index (χ0n) is 15.1. The lowest BCUT2D eigenvalue weighted by Crippen LogP contribution is -2.30. The molecule has 138 valence electrons. The molecule has 0 bridgehead atoms. The first kappa shape index (κ1) is 19.4. The maximum absolute atomic E-state index is 13.6. The van der Waals surface area contributed by atoms with Crippen LogP contribution in [0.5, 0.6) is 5.75 Å². The molecule has 2 N–H and O–H groups in total. The minimum Gasteiger partial charge on any atom is -0.410 e. The van der Waals surface area contributed by atoms with Gasteiger partial charge >= 0.3 is 6.09 Å². The Labute approximate surface area is 152 Å². The summed E-state index contributed by atoms with van der Waals surface area (Å²) >= 11 is 0. The molecule has 0 aliphatic rings. The highest BCUT2D eigenvalue weighted by Gasteiger charge is 2.26. The molecule has 0 radical (unpaired) electrons. The molecule has 0 heterocycles. The van der Waals surface area contributed by atoms with Gasteiger partial charge in [0.1, 0.15) is 11.6 Å². The van der Waals surface area contributed by atoms with E-state index in [9.17, 15) is 14.0 Å². The SMILES string of the molecule is CCCC(C)(C)C(=O)Nc1cccc(OC(=O)Nc2ccccc2F)c1. The number of benzene rings is 2. The number of ether oxygens (including phenoxy) is 1. The fraction of sp³-hybridized carbons (Fsp3) is 0.300. The lowest BCUT2D eigenvalue weighted by atomic mass is 9.87. The van der Waals surface area contributed by atoms with E-state index in [0.717, 1.165) is 12.8 Å². The van der Waals surface area contributed by atoms with Crippen LogP contribution in [0.15, 0.2) is 48.5 Å². The molecule has 0 aliphatic carbocycles. The summed E-state index contributed by atoms with van der Waals surface area (Å²) in [6.07, 6.45) is 0.852. The lowest BCUT2D eigenvalue weighted by Gasteiger charge is -2.22. The van der Waals surface area contributed by atoms with Crippen LogP contribution < -0.4 is 15.4 Å². The predicted molar refractivity (Wildman–Crippen MR) is 99.8 cm³/mol. The Morgan fingerprint density at radius 3 is 2.50 bits per heavy atom. The molecule has 0 spiro atoms. The normalized spacial score (nSPS) is 10.9. The highest BCUT2D eigenvalue weighted by molar-refractivity contribution is 5.95. The first-order chi connectivity index (χ1) is 12.3. The van der Waals surface area contributed by atoms with Crippen LogP contribution in [0.1, 0.15) is 33.6 Å². The number of para-hydroxylation sites is 1. The second-order valence-electron chi connectivity index (χ2n) is 6.61. The zero-order valence-corrected chi connectivity index (χ0v) is 15.1. The average Bonchev–Trinajstić information content (AvgIpc) is 2.57. The van der Waals surface area contributed by atoms with Gasteiger partial charge in [-0.3, -0.25) is 10.1 Å². The highest BCUT2D eigenvalue weighted by atomic mass is 19.1. The summed E-state index contributed by atoms with van der Waals surface area (Å²) < 4.78 is 18.7. The molecule has 2 amide bonds. The number of rotatable bonds is 6. The average molecular weight is 358 g/mol. The zero-order chi connectivity index (χ0) is 19.2. The third kappa shape index (κ3) is 5.31. The molecule has 2 rings (SSSR count). The predicted octanol–water partition coefficient (Wildman–Crippen LogP) is 5.20. The van der Waals surface area contributed by atoms with Gasteiger partial charge in [-0.25, -0.2) is 9.18 Å². The van der Waals surface area contributed by atoms with Crippen molar-refractivity contribution in [2.45, 2.75) is 33.6 Å². The molecule has 0 aliphatic heterocycles. The number of hydrogen-bond donors (Lipinski definition) is 2. The van der Waals surface area contributed by atoms with Gasteiger partial charge < -0.3 is 10.1 Å². The summed E-state index contributed by atoms with van der Waals surface area (Å²) in [4.78, 5) is 24.3. The van der Waals surface area contributed by atoms with Crippen LogP contribution in [-0.2, 0) is 4.79 Å². The monoisotopic (exact) mass is 358 g/mol. The minimum atomic E-state index is -0.815. The summed E-state index contributed by atoms with van der Waals surface area (Å²) in [5.74, 6) is -0.416. The van der Waals surface area contributed by atoms with Gasteiger partial charge in [0.25, 0.3) is 0 Å². The summed E-state index contributed by atoms with van der Waals surface area (Å²) in [7, 11) is 0. The van der Waals surface area contributed by atoms with Crippen molar-refractivity contribution < 1.29 is 18.7 Å². The molecule has 0 unspecified atom stereocenters. The van der Waals surface area contributed by atoms with E-state index in [0.29, 0.717) is 5.69 Å². The number of amides is 2. The Kier molecular flexibility index (Phi) is 6.33. The van der Waals surface area contributed by atoms with Gasteiger partial charge in [-0.2, -0.15) is 0 Å². The molecule has 6 heteroatoms. The van der Waals surface area contributed by atoms with E-state index in [2.05, 4.69) is 10.6 Å². The van der Waals surface area contributed by atoms with Crippen molar-refractivity contribution in [1.82, 2.24) is 0 Å². The van der Waals surface area contributed by atoms with E-state index < -0.39 is 17.3 Å². The number of hydrogen-bond acceptors (Lipinski definition) is 3. The Hall–Kier alpha value is -2.89. The first-order valence-electron chi connectivity index (χ1n) is 8.46. The molecule has 26 heavy (non-hydrogen) atoms. The van der Waals surface area contributed by atoms with E-state index in [4.69, 9.17) is 4.74 Å². The van der Waals surface area contributed by atoms with E-state index in [1.165, 1.54) is 18.2 Å². The molecule has 2 aromatic rings. The number of nitrogens with one attached hydrogen (secondary N) is 2. The summed E-state index contributed by atoms with van der Waals surface area (Å²) in [5, 5.41) is 5.17. The second kappa shape index (κ2) is 8.47. The van der Waals surface area contributed by atoms with Gasteiger partial charge in [0.2, 0.25) is 5.91 Å². The summed E-state index contributed by atoms with van der Waals surface area (Å²) in [5.41, 5.74) is 0.0621. The molecule has 0 aromatic heterocycles. The van der Waals surface area contributed by atoms with E-state index in [-0.39, 0.29) is 17.3 Å².